The second-order valence-electron chi connectivity index (χ2n) is 8.22. The van der Waals surface area contributed by atoms with Gasteiger partial charge in [0.1, 0.15) is 0 Å². The van der Waals surface area contributed by atoms with Gasteiger partial charge >= 0.3 is 244 Å². The van der Waals surface area contributed by atoms with E-state index in [0.717, 1.165) is 16.7 Å². The molecule has 0 aliphatic carbocycles. The molecule has 0 amide bonds. The number of hydrogen-bond donors (Lipinski definition) is 0. The van der Waals surface area contributed by atoms with Crippen LogP contribution in [0.1, 0.15) is 16.7 Å². The average Bonchev–Trinajstić information content (AvgIpc) is 2.78. The van der Waals surface area contributed by atoms with Crippen LogP contribution in [-0.2, 0) is 15.6 Å². The van der Waals surface area contributed by atoms with Crippen molar-refractivity contribution in [2.24, 2.45) is 0 Å². The third-order valence-electron chi connectivity index (χ3n) is 5.49. The first-order chi connectivity index (χ1) is 16.6. The van der Waals surface area contributed by atoms with Crippen LogP contribution in [0, 0.1) is 20.8 Å². The maximum absolute atomic E-state index is 13.4. The molecule has 0 aliphatic rings. The summed E-state index contributed by atoms with van der Waals surface area (Å²) in [5.41, 5.74) is 2.71. The molecule has 0 aliphatic heterocycles. The molecular formula is C25H21Cl6O4Sb. The van der Waals surface area contributed by atoms with Crippen LogP contribution in [0.3, 0.4) is 0 Å². The van der Waals surface area contributed by atoms with Crippen LogP contribution in [0.25, 0.3) is 0 Å². The zero-order valence-electron chi connectivity index (χ0n) is 19.3. The molecular weight excluding hydrogens is 699 g/mol. The normalized spacial score (nSPS) is 13.4. The summed E-state index contributed by atoms with van der Waals surface area (Å²) in [6.07, 6.45) is 0. The van der Waals surface area contributed by atoms with E-state index in [2.05, 4.69) is 0 Å². The minimum absolute atomic E-state index is 0.381. The minimum atomic E-state index is -6.32. The third-order valence-corrected chi connectivity index (χ3v) is 19.9. The Morgan fingerprint density at radius 2 is 0.750 bits per heavy atom. The predicted octanol–water partition coefficient (Wildman–Crippen LogP) is 5.86. The number of halogens is 6. The Hall–Kier alpha value is -0.842. The van der Waals surface area contributed by atoms with Crippen molar-refractivity contribution in [3.63, 3.8) is 0 Å². The van der Waals surface area contributed by atoms with Gasteiger partial charge in [0.25, 0.3) is 0 Å². The Balaban J connectivity index is 2.62. The first-order valence-electron chi connectivity index (χ1n) is 10.5. The molecule has 0 spiro atoms. The Bertz CT molecular complexity index is 1120. The number of alkyl halides is 6. The van der Waals surface area contributed by atoms with E-state index in [1.807, 2.05) is 20.8 Å². The molecule has 0 unspecified atom stereocenters. The molecule has 0 fully saturated rings. The molecule has 3 aromatic carbocycles. The SMILES string of the molecule is Cc1cc[c]([Sb]([O]C(=O)C(Cl)(Cl)Cl)([O]C(=O)C(Cl)(Cl)Cl)([c]2ccc(C)cc2)[c]2ccc(C)cc2)cc1. The fourth-order valence-electron chi connectivity index (χ4n) is 3.65. The molecule has 0 atom stereocenters. The number of benzene rings is 3. The quantitative estimate of drug-likeness (QED) is 0.245. The first-order valence-corrected chi connectivity index (χ1v) is 18.6. The van der Waals surface area contributed by atoms with Crippen LogP contribution in [0.5, 0.6) is 0 Å². The van der Waals surface area contributed by atoms with E-state index >= 15 is 0 Å². The molecule has 0 saturated carbocycles. The fraction of sp³-hybridized carbons (Fsp3) is 0.200. The second kappa shape index (κ2) is 10.7. The second-order valence-corrected chi connectivity index (χ2v) is 23.7. The van der Waals surface area contributed by atoms with E-state index in [9.17, 15) is 9.59 Å². The van der Waals surface area contributed by atoms with Crippen molar-refractivity contribution in [2.75, 3.05) is 0 Å². The van der Waals surface area contributed by atoms with Crippen molar-refractivity contribution >= 4 is 110 Å². The van der Waals surface area contributed by atoms with Crippen molar-refractivity contribution in [2.45, 2.75) is 28.4 Å². The summed E-state index contributed by atoms with van der Waals surface area (Å²) in [7, 11) is 0. The van der Waals surface area contributed by atoms with E-state index in [1.165, 1.54) is 0 Å². The van der Waals surface area contributed by atoms with Gasteiger partial charge in [0, 0.05) is 0 Å². The summed E-state index contributed by atoms with van der Waals surface area (Å²) in [5, 5.41) is 0. The van der Waals surface area contributed by atoms with Crippen molar-refractivity contribution in [1.82, 2.24) is 0 Å². The fourth-order valence-corrected chi connectivity index (χ4v) is 17.8. The number of aryl methyl sites for hydroxylation is 3. The van der Waals surface area contributed by atoms with E-state index in [4.69, 9.17) is 75.6 Å². The van der Waals surface area contributed by atoms with Crippen molar-refractivity contribution in [3.8, 4) is 0 Å². The molecule has 0 aromatic heterocycles. The van der Waals surface area contributed by atoms with E-state index in [0.29, 0.717) is 10.5 Å². The number of carbonyl (C=O) groups excluding carboxylic acids is 2. The Morgan fingerprint density at radius 3 is 0.944 bits per heavy atom. The first kappa shape index (κ1) is 29.7. The summed E-state index contributed by atoms with van der Waals surface area (Å²) in [6, 6.07) is 20.9. The van der Waals surface area contributed by atoms with Crippen LogP contribution < -0.4 is 10.5 Å². The maximum atomic E-state index is 13.4. The molecule has 192 valence electrons. The Labute approximate surface area is 241 Å². The number of carbonyl (C=O) groups is 2. The van der Waals surface area contributed by atoms with Gasteiger partial charge in [-0.25, -0.2) is 0 Å². The van der Waals surface area contributed by atoms with Crippen molar-refractivity contribution in [3.05, 3.63) is 89.5 Å². The van der Waals surface area contributed by atoms with Gasteiger partial charge < -0.3 is 0 Å². The standard InChI is InChI=1S/3C7H7.2C2HCl3O2.Sb/c3*1-7-5-3-2-4-6-7;2*3-2(4,5)1(6)7;/h3*3-6H,1H3;2*(H,6,7);/q;;;;;+2/p-2. The zero-order valence-corrected chi connectivity index (χ0v) is 26.4. The molecule has 0 radical (unpaired) electrons. The van der Waals surface area contributed by atoms with Crippen LogP contribution >= 0.6 is 69.6 Å². The summed E-state index contributed by atoms with van der Waals surface area (Å²) in [6.45, 7) is 5.64. The number of rotatable bonds is 5. The Kier molecular flexibility index (Phi) is 8.86. The molecule has 0 N–H and O–H groups in total. The van der Waals surface area contributed by atoms with Gasteiger partial charge in [-0.1, -0.05) is 0 Å². The molecule has 11 heteroatoms. The monoisotopic (exact) mass is 716 g/mol. The van der Waals surface area contributed by atoms with Gasteiger partial charge in [-0.3, -0.25) is 0 Å². The van der Waals surface area contributed by atoms with E-state index in [1.54, 1.807) is 72.8 Å². The molecule has 4 nitrogen and oxygen atoms in total. The molecule has 0 heterocycles. The zero-order chi connectivity index (χ0) is 27.0. The summed E-state index contributed by atoms with van der Waals surface area (Å²) in [5.74, 6) is -2.48. The molecule has 0 saturated heterocycles. The van der Waals surface area contributed by atoms with Gasteiger partial charge in [-0.15, -0.1) is 0 Å². The summed E-state index contributed by atoms with van der Waals surface area (Å²) < 4.78 is 8.71. The topological polar surface area (TPSA) is 52.6 Å². The third kappa shape index (κ3) is 5.76. The van der Waals surface area contributed by atoms with Crippen LogP contribution in [0.2, 0.25) is 0 Å². The summed E-state index contributed by atoms with van der Waals surface area (Å²) >= 11 is 29.6. The molecule has 36 heavy (non-hydrogen) atoms. The van der Waals surface area contributed by atoms with Crippen molar-refractivity contribution < 1.29 is 15.6 Å². The van der Waals surface area contributed by atoms with Gasteiger partial charge in [-0.05, 0) is 0 Å². The van der Waals surface area contributed by atoms with E-state index < -0.39 is 37.8 Å². The van der Waals surface area contributed by atoms with Gasteiger partial charge in [0.2, 0.25) is 0 Å². The molecule has 3 aromatic rings. The molecule has 3 rings (SSSR count). The van der Waals surface area contributed by atoms with Crippen LogP contribution in [-0.4, -0.2) is 37.8 Å². The summed E-state index contributed by atoms with van der Waals surface area (Å²) in [4.78, 5) is 26.8. The number of hydrogen-bond acceptors (Lipinski definition) is 4. The van der Waals surface area contributed by atoms with E-state index in [-0.39, 0.29) is 0 Å². The van der Waals surface area contributed by atoms with Crippen LogP contribution in [0.4, 0.5) is 0 Å². The molecule has 0 bridgehead atoms. The van der Waals surface area contributed by atoms with Gasteiger partial charge in [-0.2, -0.15) is 0 Å². The Morgan fingerprint density at radius 1 is 0.528 bits per heavy atom. The van der Waals surface area contributed by atoms with Gasteiger partial charge in [0.05, 0.1) is 0 Å². The average molecular weight is 720 g/mol. The van der Waals surface area contributed by atoms with Crippen molar-refractivity contribution in [1.29, 1.82) is 0 Å². The van der Waals surface area contributed by atoms with Crippen LogP contribution in [0.15, 0.2) is 72.8 Å². The van der Waals surface area contributed by atoms with Gasteiger partial charge in [0.15, 0.2) is 0 Å². The predicted molar refractivity (Wildman–Crippen MR) is 151 cm³/mol.